The Balaban J connectivity index is 1.51. The summed E-state index contributed by atoms with van der Waals surface area (Å²) in [6, 6.07) is 10.5. The zero-order chi connectivity index (χ0) is 20.0. The zero-order valence-corrected chi connectivity index (χ0v) is 15.3. The molecule has 9 nitrogen and oxygen atoms in total. The molecule has 0 radical (unpaired) electrons. The van der Waals surface area contributed by atoms with Crippen LogP contribution in [0.4, 0.5) is 22.1 Å². The first-order chi connectivity index (χ1) is 14.1. The van der Waals surface area contributed by atoms with Gasteiger partial charge in [-0.05, 0) is 30.3 Å². The van der Waals surface area contributed by atoms with Crippen LogP contribution in [0.5, 0.6) is 0 Å². The Morgan fingerprint density at radius 3 is 2.79 bits per heavy atom. The van der Waals surface area contributed by atoms with Gasteiger partial charge in [0, 0.05) is 37.1 Å². The largest absolute Gasteiger partial charge is 0.366 e. The fourth-order valence-electron chi connectivity index (χ4n) is 3.62. The molecule has 9 heteroatoms. The van der Waals surface area contributed by atoms with Crippen LogP contribution in [0.25, 0.3) is 11.3 Å². The van der Waals surface area contributed by atoms with Gasteiger partial charge in [-0.15, -0.1) is 0 Å². The van der Waals surface area contributed by atoms with Gasteiger partial charge in [-0.1, -0.05) is 6.07 Å². The molecule has 0 bridgehead atoms. The highest BCUT2D eigenvalue weighted by atomic mass is 16.2. The molecule has 0 aromatic carbocycles. The quantitative estimate of drug-likeness (QED) is 0.712. The first-order valence-corrected chi connectivity index (χ1v) is 9.16. The average Bonchev–Trinajstić information content (AvgIpc) is 2.94. The number of pyridine rings is 3. The van der Waals surface area contributed by atoms with E-state index < -0.39 is 5.91 Å². The predicted octanol–water partition coefficient (Wildman–Crippen LogP) is 2.23. The van der Waals surface area contributed by atoms with Crippen molar-refractivity contribution in [2.45, 2.75) is 12.6 Å². The van der Waals surface area contributed by atoms with Gasteiger partial charge in [0.15, 0.2) is 5.82 Å². The molecule has 3 amide bonds. The highest BCUT2D eigenvalue weighted by Crippen LogP contribution is 2.45. The lowest BCUT2D eigenvalue weighted by Gasteiger charge is -2.39. The number of hydrogen-bond donors (Lipinski definition) is 2. The van der Waals surface area contributed by atoms with Gasteiger partial charge in [0.25, 0.3) is 0 Å². The van der Waals surface area contributed by atoms with Crippen LogP contribution in [0.2, 0.25) is 0 Å². The summed E-state index contributed by atoms with van der Waals surface area (Å²) in [6.07, 6.45) is 5.45. The molecule has 1 atom stereocenters. The summed E-state index contributed by atoms with van der Waals surface area (Å²) in [5, 5.41) is 2.83. The minimum atomic E-state index is -0.555. The lowest BCUT2D eigenvalue weighted by molar-refractivity contribution is 0.1000. The van der Waals surface area contributed by atoms with E-state index in [0.29, 0.717) is 28.5 Å². The van der Waals surface area contributed by atoms with Crippen molar-refractivity contribution in [1.29, 1.82) is 0 Å². The highest BCUT2D eigenvalue weighted by Gasteiger charge is 2.46. The number of urea groups is 1. The molecule has 0 spiro atoms. The van der Waals surface area contributed by atoms with Crippen molar-refractivity contribution in [2.24, 2.45) is 5.73 Å². The fourth-order valence-corrected chi connectivity index (χ4v) is 3.62. The molecular formula is C20H17N7O2. The lowest BCUT2D eigenvalue weighted by atomic mass is 10.1. The number of rotatable bonds is 3. The van der Waals surface area contributed by atoms with E-state index >= 15 is 0 Å². The van der Waals surface area contributed by atoms with Crippen LogP contribution in [-0.2, 0) is 0 Å². The third-order valence-electron chi connectivity index (χ3n) is 5.12. The number of carbonyl (C=O) groups is 2. The van der Waals surface area contributed by atoms with E-state index in [1.807, 2.05) is 18.2 Å². The SMILES string of the molecule is NC(=O)c1cncc(-c2ccc3c(n2)N(C(=O)Nc2ccccn2)[C@H]2CCN32)c1. The number of fused-ring (bicyclic) bond motifs is 3. The standard InChI is InChI=1S/C20H17N7O2/c21-18(28)13-9-12(10-22-11-13)14-4-5-15-19(24-14)27(17-6-8-26(15)17)20(29)25-16-3-1-2-7-23-16/h1-5,7,9-11,17H,6,8H2,(H2,21,28)(H,23,25,29)/t17-/m0/s1. The van der Waals surface area contributed by atoms with Gasteiger partial charge < -0.3 is 10.6 Å². The van der Waals surface area contributed by atoms with E-state index in [4.69, 9.17) is 10.7 Å². The van der Waals surface area contributed by atoms with E-state index in [1.54, 1.807) is 35.5 Å². The van der Waals surface area contributed by atoms with Gasteiger partial charge >= 0.3 is 6.03 Å². The molecule has 5 heterocycles. The molecule has 2 aliphatic heterocycles. The average molecular weight is 387 g/mol. The monoisotopic (exact) mass is 387 g/mol. The van der Waals surface area contributed by atoms with Crippen molar-refractivity contribution >= 4 is 29.3 Å². The molecule has 0 saturated carbocycles. The van der Waals surface area contributed by atoms with Gasteiger partial charge in [-0.25, -0.2) is 14.8 Å². The van der Waals surface area contributed by atoms with E-state index in [0.717, 1.165) is 18.7 Å². The Hall–Kier alpha value is -4.01. The Morgan fingerprint density at radius 1 is 1.17 bits per heavy atom. The van der Waals surface area contributed by atoms with E-state index in [2.05, 4.69) is 20.2 Å². The van der Waals surface area contributed by atoms with Gasteiger partial charge in [0.2, 0.25) is 5.91 Å². The van der Waals surface area contributed by atoms with Crippen molar-refractivity contribution in [3.63, 3.8) is 0 Å². The maximum Gasteiger partial charge on any atom is 0.330 e. The minimum Gasteiger partial charge on any atom is -0.366 e. The topological polar surface area (TPSA) is 117 Å². The van der Waals surface area contributed by atoms with Crippen molar-refractivity contribution in [2.75, 3.05) is 21.7 Å². The Bertz CT molecular complexity index is 1120. The van der Waals surface area contributed by atoms with E-state index in [1.165, 1.54) is 6.20 Å². The number of anilines is 3. The van der Waals surface area contributed by atoms with Gasteiger partial charge in [-0.3, -0.25) is 20.0 Å². The molecule has 1 fully saturated rings. The summed E-state index contributed by atoms with van der Waals surface area (Å²) in [7, 11) is 0. The Labute approximate surface area is 166 Å². The lowest BCUT2D eigenvalue weighted by Crippen LogP contribution is -2.56. The number of amides is 3. The van der Waals surface area contributed by atoms with Crippen LogP contribution in [0.3, 0.4) is 0 Å². The Kier molecular flexibility index (Phi) is 3.87. The predicted molar refractivity (Wildman–Crippen MR) is 107 cm³/mol. The van der Waals surface area contributed by atoms with Crippen LogP contribution in [0.1, 0.15) is 16.8 Å². The number of hydrogen-bond acceptors (Lipinski definition) is 6. The van der Waals surface area contributed by atoms with Gasteiger partial charge in [0.05, 0.1) is 16.9 Å². The van der Waals surface area contributed by atoms with Crippen LogP contribution >= 0.6 is 0 Å². The molecule has 0 aliphatic carbocycles. The molecule has 2 aliphatic rings. The maximum absolute atomic E-state index is 13.0. The number of nitrogens with one attached hydrogen (secondary N) is 1. The minimum absolute atomic E-state index is 0.0634. The van der Waals surface area contributed by atoms with E-state index in [-0.39, 0.29) is 12.2 Å². The van der Waals surface area contributed by atoms with Crippen LogP contribution < -0.4 is 20.9 Å². The summed E-state index contributed by atoms with van der Waals surface area (Å²) in [5.74, 6) is 0.496. The summed E-state index contributed by atoms with van der Waals surface area (Å²) in [4.78, 5) is 41.2. The second-order valence-electron chi connectivity index (χ2n) is 6.84. The van der Waals surface area contributed by atoms with Crippen molar-refractivity contribution in [3.8, 4) is 11.3 Å². The summed E-state index contributed by atoms with van der Waals surface area (Å²) < 4.78 is 0. The number of aromatic nitrogens is 3. The van der Waals surface area contributed by atoms with E-state index in [9.17, 15) is 9.59 Å². The molecule has 0 unspecified atom stereocenters. The zero-order valence-electron chi connectivity index (χ0n) is 15.3. The van der Waals surface area contributed by atoms with Crippen molar-refractivity contribution in [1.82, 2.24) is 15.0 Å². The highest BCUT2D eigenvalue weighted by molar-refractivity contribution is 6.06. The number of nitrogens with zero attached hydrogens (tertiary/aromatic N) is 5. The third kappa shape index (κ3) is 2.83. The molecule has 1 saturated heterocycles. The van der Waals surface area contributed by atoms with Crippen LogP contribution in [0.15, 0.2) is 55.0 Å². The maximum atomic E-state index is 13.0. The number of carbonyl (C=O) groups excluding carboxylic acids is 2. The second-order valence-corrected chi connectivity index (χ2v) is 6.84. The number of primary amides is 1. The van der Waals surface area contributed by atoms with Crippen molar-refractivity contribution < 1.29 is 9.59 Å². The molecule has 29 heavy (non-hydrogen) atoms. The van der Waals surface area contributed by atoms with Crippen molar-refractivity contribution in [3.05, 3.63) is 60.6 Å². The fraction of sp³-hybridized carbons (Fsp3) is 0.150. The smallest absolute Gasteiger partial charge is 0.330 e. The summed E-state index contributed by atoms with van der Waals surface area (Å²) in [5.41, 5.74) is 7.83. The van der Waals surface area contributed by atoms with Gasteiger partial charge in [0.1, 0.15) is 12.0 Å². The molecule has 5 rings (SSSR count). The normalized spacial score (nSPS) is 16.6. The second kappa shape index (κ2) is 6.55. The Morgan fingerprint density at radius 2 is 2.07 bits per heavy atom. The number of nitrogens with two attached hydrogens (primary N) is 1. The molecular weight excluding hydrogens is 370 g/mol. The molecule has 3 aromatic heterocycles. The first kappa shape index (κ1) is 17.1. The third-order valence-corrected chi connectivity index (χ3v) is 5.12. The summed E-state index contributed by atoms with van der Waals surface area (Å²) in [6.45, 7) is 0.866. The molecule has 3 aromatic rings. The van der Waals surface area contributed by atoms with Crippen LogP contribution in [0, 0.1) is 0 Å². The summed E-state index contributed by atoms with van der Waals surface area (Å²) >= 11 is 0. The van der Waals surface area contributed by atoms with Crippen LogP contribution in [-0.4, -0.2) is 39.6 Å². The first-order valence-electron chi connectivity index (χ1n) is 9.16. The molecule has 144 valence electrons. The van der Waals surface area contributed by atoms with Gasteiger partial charge in [-0.2, -0.15) is 0 Å². The molecule has 3 N–H and O–H groups in total.